The van der Waals surface area contributed by atoms with Crippen LogP contribution in [-0.4, -0.2) is 16.1 Å². The number of halogens is 4. The first-order chi connectivity index (χ1) is 10.8. The molecule has 0 aliphatic rings. The van der Waals surface area contributed by atoms with Crippen molar-refractivity contribution in [3.63, 3.8) is 0 Å². The molecule has 2 aromatic carbocycles. The van der Waals surface area contributed by atoms with E-state index in [2.05, 4.69) is 10.2 Å². The number of amides is 1. The van der Waals surface area contributed by atoms with Crippen molar-refractivity contribution in [1.29, 1.82) is 0 Å². The van der Waals surface area contributed by atoms with Crippen LogP contribution in [0.25, 0.3) is 22.0 Å². The first kappa shape index (κ1) is 15.0. The fourth-order valence-electron chi connectivity index (χ4n) is 2.39. The van der Waals surface area contributed by atoms with Crippen LogP contribution in [-0.2, 0) is 6.18 Å². The smallest absolute Gasteiger partial charge is 0.366 e. The maximum Gasteiger partial charge on any atom is 0.416 e. The lowest BCUT2D eigenvalue weighted by Gasteiger charge is -2.12. The molecule has 3 N–H and O–H groups in total. The van der Waals surface area contributed by atoms with Crippen LogP contribution < -0.4 is 5.73 Å². The van der Waals surface area contributed by atoms with Crippen LogP contribution >= 0.6 is 0 Å². The number of carbonyl (C=O) groups is 1. The zero-order chi connectivity index (χ0) is 16.8. The maximum absolute atomic E-state index is 13.3. The molecule has 0 radical (unpaired) electrons. The van der Waals surface area contributed by atoms with Gasteiger partial charge in [0.05, 0.1) is 17.3 Å². The molecule has 0 atom stereocenters. The van der Waals surface area contributed by atoms with E-state index in [9.17, 15) is 22.4 Å². The third kappa shape index (κ3) is 2.63. The van der Waals surface area contributed by atoms with Crippen LogP contribution in [0.5, 0.6) is 0 Å². The maximum atomic E-state index is 13.3. The molecule has 0 aliphatic carbocycles. The van der Waals surface area contributed by atoms with Crippen molar-refractivity contribution in [2.45, 2.75) is 6.18 Å². The molecule has 0 aliphatic heterocycles. The molecule has 0 unspecified atom stereocenters. The van der Waals surface area contributed by atoms with Crippen molar-refractivity contribution in [2.75, 3.05) is 0 Å². The van der Waals surface area contributed by atoms with Crippen molar-refractivity contribution < 1.29 is 22.4 Å². The molecule has 1 heterocycles. The summed E-state index contributed by atoms with van der Waals surface area (Å²) in [5.41, 5.74) is 4.45. The van der Waals surface area contributed by atoms with Crippen LogP contribution in [0.15, 0.2) is 36.5 Å². The van der Waals surface area contributed by atoms with E-state index in [1.807, 2.05) is 0 Å². The number of nitrogens with two attached hydrogens (primary N) is 1. The van der Waals surface area contributed by atoms with Gasteiger partial charge in [0.1, 0.15) is 5.82 Å². The molecule has 4 nitrogen and oxygen atoms in total. The fourth-order valence-corrected chi connectivity index (χ4v) is 2.39. The predicted molar refractivity (Wildman–Crippen MR) is 75.0 cm³/mol. The van der Waals surface area contributed by atoms with E-state index in [0.717, 1.165) is 24.3 Å². The molecular formula is C15H9F4N3O. The van der Waals surface area contributed by atoms with Crippen LogP contribution in [0.4, 0.5) is 17.6 Å². The summed E-state index contributed by atoms with van der Waals surface area (Å²) < 4.78 is 52.5. The number of benzene rings is 2. The number of alkyl halides is 3. The summed E-state index contributed by atoms with van der Waals surface area (Å²) in [7, 11) is 0. The lowest BCUT2D eigenvalue weighted by molar-refractivity contribution is -0.137. The van der Waals surface area contributed by atoms with Gasteiger partial charge in [-0.1, -0.05) is 6.07 Å². The highest BCUT2D eigenvalue weighted by Crippen LogP contribution is 2.37. The number of nitrogens with zero attached hydrogens (tertiary/aromatic N) is 1. The molecule has 23 heavy (non-hydrogen) atoms. The molecule has 0 saturated heterocycles. The van der Waals surface area contributed by atoms with Gasteiger partial charge in [0, 0.05) is 10.9 Å². The van der Waals surface area contributed by atoms with E-state index in [0.29, 0.717) is 5.39 Å². The summed E-state index contributed by atoms with van der Waals surface area (Å²) in [6.07, 6.45) is -3.25. The highest BCUT2D eigenvalue weighted by atomic mass is 19.4. The van der Waals surface area contributed by atoms with E-state index in [-0.39, 0.29) is 22.2 Å². The first-order valence-electron chi connectivity index (χ1n) is 6.41. The van der Waals surface area contributed by atoms with Gasteiger partial charge in [-0.25, -0.2) is 4.39 Å². The molecule has 1 aromatic heterocycles. The van der Waals surface area contributed by atoms with Gasteiger partial charge in [0.25, 0.3) is 0 Å². The Kier molecular flexibility index (Phi) is 3.32. The monoisotopic (exact) mass is 323 g/mol. The van der Waals surface area contributed by atoms with Crippen molar-refractivity contribution in [1.82, 2.24) is 10.2 Å². The number of rotatable bonds is 2. The van der Waals surface area contributed by atoms with E-state index in [4.69, 9.17) is 5.73 Å². The third-order valence-electron chi connectivity index (χ3n) is 3.42. The van der Waals surface area contributed by atoms with Gasteiger partial charge in [-0.05, 0) is 35.4 Å². The lowest BCUT2D eigenvalue weighted by Crippen LogP contribution is -2.13. The standard InChI is InChI=1S/C15H9F4N3O/c16-8-1-2-9(11(5-8)14(20)23)10-3-7(15(17,18)19)4-13-12(10)6-21-22-13/h1-6H,(H2,20,23)(H,21,22). The first-order valence-corrected chi connectivity index (χ1v) is 6.41. The Morgan fingerprint density at radius 3 is 2.52 bits per heavy atom. The number of primary amides is 1. The molecule has 3 rings (SSSR count). The van der Waals surface area contributed by atoms with E-state index in [1.165, 1.54) is 12.3 Å². The van der Waals surface area contributed by atoms with Crippen molar-refractivity contribution in [3.8, 4) is 11.1 Å². The molecule has 0 spiro atoms. The second kappa shape index (κ2) is 5.08. The molecule has 118 valence electrons. The molecule has 3 aromatic rings. The van der Waals surface area contributed by atoms with Crippen LogP contribution in [0.1, 0.15) is 15.9 Å². The zero-order valence-electron chi connectivity index (χ0n) is 11.4. The summed E-state index contributed by atoms with van der Waals surface area (Å²) in [5, 5.41) is 6.55. The molecule has 0 bridgehead atoms. The normalized spacial score (nSPS) is 11.8. The summed E-state index contributed by atoms with van der Waals surface area (Å²) in [6.45, 7) is 0. The Hall–Kier alpha value is -2.90. The molecule has 0 fully saturated rings. The molecule has 8 heteroatoms. The Bertz CT molecular complexity index is 915. The van der Waals surface area contributed by atoms with Gasteiger partial charge in [-0.3, -0.25) is 9.89 Å². The highest BCUT2D eigenvalue weighted by Gasteiger charge is 2.32. The Labute approximate surface area is 126 Å². The van der Waals surface area contributed by atoms with Crippen molar-refractivity contribution in [2.24, 2.45) is 5.73 Å². The van der Waals surface area contributed by atoms with E-state index >= 15 is 0 Å². The second-order valence-electron chi connectivity index (χ2n) is 4.91. The number of aromatic nitrogens is 2. The van der Waals surface area contributed by atoms with Crippen LogP contribution in [0.2, 0.25) is 0 Å². The van der Waals surface area contributed by atoms with Gasteiger partial charge in [-0.15, -0.1) is 0 Å². The van der Waals surface area contributed by atoms with Gasteiger partial charge in [-0.2, -0.15) is 18.3 Å². The lowest BCUT2D eigenvalue weighted by atomic mass is 9.94. The zero-order valence-corrected chi connectivity index (χ0v) is 11.4. The van der Waals surface area contributed by atoms with Crippen molar-refractivity contribution in [3.05, 3.63) is 53.5 Å². The molecule has 1 amide bonds. The number of hydrogen-bond acceptors (Lipinski definition) is 2. The Morgan fingerprint density at radius 2 is 1.87 bits per heavy atom. The SMILES string of the molecule is NC(=O)c1cc(F)ccc1-c1cc(C(F)(F)F)cc2[nH]ncc12. The summed E-state index contributed by atoms with van der Waals surface area (Å²) in [4.78, 5) is 11.5. The highest BCUT2D eigenvalue weighted by molar-refractivity contribution is 6.05. The molecule has 0 saturated carbocycles. The Balaban J connectivity index is 2.36. The summed E-state index contributed by atoms with van der Waals surface area (Å²) in [6, 6.07) is 4.96. The largest absolute Gasteiger partial charge is 0.416 e. The predicted octanol–water partition coefficient (Wildman–Crippen LogP) is 3.49. The van der Waals surface area contributed by atoms with Crippen LogP contribution in [0.3, 0.4) is 0 Å². The van der Waals surface area contributed by atoms with Gasteiger partial charge < -0.3 is 5.73 Å². The average Bonchev–Trinajstić information content (AvgIpc) is 2.93. The minimum absolute atomic E-state index is 0.0948. The van der Waals surface area contributed by atoms with Crippen molar-refractivity contribution >= 4 is 16.8 Å². The summed E-state index contributed by atoms with van der Waals surface area (Å²) in [5.74, 6) is -1.65. The van der Waals surface area contributed by atoms with E-state index < -0.39 is 23.5 Å². The second-order valence-corrected chi connectivity index (χ2v) is 4.91. The number of aromatic amines is 1. The fraction of sp³-hybridized carbons (Fsp3) is 0.0667. The Morgan fingerprint density at radius 1 is 1.13 bits per heavy atom. The number of carbonyl (C=O) groups excluding carboxylic acids is 1. The van der Waals surface area contributed by atoms with Gasteiger partial charge in [0.15, 0.2) is 0 Å². The average molecular weight is 323 g/mol. The van der Waals surface area contributed by atoms with Gasteiger partial charge >= 0.3 is 6.18 Å². The van der Waals surface area contributed by atoms with Crippen LogP contribution in [0, 0.1) is 5.82 Å². The minimum atomic E-state index is -4.58. The van der Waals surface area contributed by atoms with E-state index in [1.54, 1.807) is 0 Å². The number of fused-ring (bicyclic) bond motifs is 1. The number of hydrogen-bond donors (Lipinski definition) is 2. The number of nitrogens with one attached hydrogen (secondary N) is 1. The molecular weight excluding hydrogens is 314 g/mol. The minimum Gasteiger partial charge on any atom is -0.366 e. The van der Waals surface area contributed by atoms with Gasteiger partial charge in [0.2, 0.25) is 5.91 Å². The summed E-state index contributed by atoms with van der Waals surface area (Å²) >= 11 is 0. The quantitative estimate of drug-likeness (QED) is 0.709. The third-order valence-corrected chi connectivity index (χ3v) is 3.42. The topological polar surface area (TPSA) is 71.8 Å². The number of H-pyrrole nitrogens is 1.